The molecule has 0 aliphatic carbocycles. The first-order valence-electron chi connectivity index (χ1n) is 3.55. The predicted molar refractivity (Wildman–Crippen MR) is 52.6 cm³/mol. The van der Waals surface area contributed by atoms with Gasteiger partial charge in [-0.15, -0.1) is 0 Å². The third kappa shape index (κ3) is 2.99. The molecule has 0 aromatic heterocycles. The van der Waals surface area contributed by atoms with Gasteiger partial charge in [0.05, 0.1) is 16.7 Å². The molecule has 0 saturated heterocycles. The van der Waals surface area contributed by atoms with Crippen molar-refractivity contribution in [3.63, 3.8) is 0 Å². The van der Waals surface area contributed by atoms with E-state index in [1.807, 2.05) is 0 Å². The molecule has 0 fully saturated rings. The van der Waals surface area contributed by atoms with Gasteiger partial charge in [0.25, 0.3) is 0 Å². The van der Waals surface area contributed by atoms with Crippen molar-refractivity contribution in [2.24, 2.45) is 0 Å². The van der Waals surface area contributed by atoms with Crippen LogP contribution in [0.1, 0.15) is 5.56 Å². The maximum Gasteiger partial charge on any atom is 0.126 e. The second-order valence-electron chi connectivity index (χ2n) is 2.42. The van der Waals surface area contributed by atoms with E-state index in [1.165, 1.54) is 12.1 Å². The summed E-state index contributed by atoms with van der Waals surface area (Å²) in [6, 6.07) is 4.71. The molecular formula is C9H7Cl2FO. The second-order valence-corrected chi connectivity index (χ2v) is 3.24. The van der Waals surface area contributed by atoms with Crippen molar-refractivity contribution >= 4 is 29.3 Å². The minimum atomic E-state index is -0.613. The van der Waals surface area contributed by atoms with Gasteiger partial charge in [0.15, 0.2) is 0 Å². The molecule has 13 heavy (non-hydrogen) atoms. The molecule has 0 aliphatic heterocycles. The van der Waals surface area contributed by atoms with Crippen molar-refractivity contribution in [1.82, 2.24) is 0 Å². The van der Waals surface area contributed by atoms with Crippen LogP contribution in [0.2, 0.25) is 10.0 Å². The Morgan fingerprint density at radius 1 is 1.38 bits per heavy atom. The fourth-order valence-electron chi connectivity index (χ4n) is 0.829. The SMILES string of the molecule is OC/C(F)=C/c1ccc(Cl)c(Cl)c1. The minimum absolute atomic E-state index is 0.362. The van der Waals surface area contributed by atoms with Crippen LogP contribution in [0.15, 0.2) is 24.0 Å². The summed E-state index contributed by atoms with van der Waals surface area (Å²) in [5, 5.41) is 9.20. The molecule has 1 aromatic rings. The Balaban J connectivity index is 2.98. The lowest BCUT2D eigenvalue weighted by Gasteiger charge is -1.97. The van der Waals surface area contributed by atoms with Crippen LogP contribution in [0.25, 0.3) is 6.08 Å². The van der Waals surface area contributed by atoms with Crippen molar-refractivity contribution in [1.29, 1.82) is 0 Å². The number of hydrogen-bond donors (Lipinski definition) is 1. The van der Waals surface area contributed by atoms with Crippen LogP contribution in [-0.2, 0) is 0 Å². The molecule has 0 radical (unpaired) electrons. The lowest BCUT2D eigenvalue weighted by Crippen LogP contribution is -1.82. The average Bonchev–Trinajstić information content (AvgIpc) is 2.11. The zero-order chi connectivity index (χ0) is 9.84. The van der Waals surface area contributed by atoms with E-state index in [0.29, 0.717) is 15.6 Å². The van der Waals surface area contributed by atoms with Gasteiger partial charge in [0, 0.05) is 0 Å². The van der Waals surface area contributed by atoms with Gasteiger partial charge < -0.3 is 5.11 Å². The van der Waals surface area contributed by atoms with Gasteiger partial charge in [-0.1, -0.05) is 29.3 Å². The van der Waals surface area contributed by atoms with Gasteiger partial charge in [-0.05, 0) is 23.8 Å². The zero-order valence-corrected chi connectivity index (χ0v) is 8.11. The van der Waals surface area contributed by atoms with Crippen LogP contribution in [0, 0.1) is 0 Å². The van der Waals surface area contributed by atoms with Gasteiger partial charge in [-0.25, -0.2) is 4.39 Å². The first kappa shape index (κ1) is 10.5. The summed E-state index contributed by atoms with van der Waals surface area (Å²) in [7, 11) is 0. The van der Waals surface area contributed by atoms with E-state index in [1.54, 1.807) is 12.1 Å². The first-order chi connectivity index (χ1) is 6.13. The summed E-state index contributed by atoms with van der Waals surface area (Å²) in [4.78, 5) is 0. The quantitative estimate of drug-likeness (QED) is 0.812. The van der Waals surface area contributed by atoms with Crippen LogP contribution in [0.5, 0.6) is 0 Å². The summed E-state index contributed by atoms with van der Waals surface area (Å²) in [6.45, 7) is -0.611. The number of halogens is 3. The number of aliphatic hydroxyl groups is 1. The van der Waals surface area contributed by atoms with E-state index in [4.69, 9.17) is 28.3 Å². The number of rotatable bonds is 2. The smallest absolute Gasteiger partial charge is 0.126 e. The fraction of sp³-hybridized carbons (Fsp3) is 0.111. The molecule has 1 N–H and O–H groups in total. The summed E-state index contributed by atoms with van der Waals surface area (Å²) in [6.07, 6.45) is 1.20. The van der Waals surface area contributed by atoms with E-state index in [0.717, 1.165) is 0 Å². The highest BCUT2D eigenvalue weighted by molar-refractivity contribution is 6.42. The molecule has 0 atom stereocenters. The van der Waals surface area contributed by atoms with Crippen molar-refractivity contribution in [2.75, 3.05) is 6.61 Å². The second kappa shape index (κ2) is 4.61. The van der Waals surface area contributed by atoms with Crippen LogP contribution in [0.3, 0.4) is 0 Å². The van der Waals surface area contributed by atoms with Gasteiger partial charge >= 0.3 is 0 Å². The molecule has 4 heteroatoms. The van der Waals surface area contributed by atoms with E-state index < -0.39 is 12.4 Å². The van der Waals surface area contributed by atoms with Crippen LogP contribution in [0.4, 0.5) is 4.39 Å². The monoisotopic (exact) mass is 220 g/mol. The molecule has 0 heterocycles. The topological polar surface area (TPSA) is 20.2 Å². The molecule has 0 unspecified atom stereocenters. The minimum Gasteiger partial charge on any atom is -0.389 e. The highest BCUT2D eigenvalue weighted by Crippen LogP contribution is 2.23. The number of hydrogen-bond acceptors (Lipinski definition) is 1. The maximum atomic E-state index is 12.6. The van der Waals surface area contributed by atoms with Crippen molar-refractivity contribution in [3.8, 4) is 0 Å². The van der Waals surface area contributed by atoms with Crippen molar-refractivity contribution in [2.45, 2.75) is 0 Å². The number of benzene rings is 1. The average molecular weight is 221 g/mol. The summed E-state index contributed by atoms with van der Waals surface area (Å²) in [5.41, 5.74) is 0.570. The molecular weight excluding hydrogens is 214 g/mol. The Bertz CT molecular complexity index is 336. The Morgan fingerprint density at radius 2 is 2.08 bits per heavy atom. The molecule has 0 bridgehead atoms. The zero-order valence-electron chi connectivity index (χ0n) is 6.60. The molecule has 1 nitrogen and oxygen atoms in total. The summed E-state index contributed by atoms with van der Waals surface area (Å²) < 4.78 is 12.6. The molecule has 0 saturated carbocycles. The Morgan fingerprint density at radius 3 is 2.62 bits per heavy atom. The standard InChI is InChI=1S/C9H7Cl2FO/c10-8-2-1-6(4-9(8)11)3-7(12)5-13/h1-4,13H,5H2/b7-3-. The van der Waals surface area contributed by atoms with Crippen LogP contribution in [-0.4, -0.2) is 11.7 Å². The van der Waals surface area contributed by atoms with Crippen molar-refractivity contribution < 1.29 is 9.50 Å². The van der Waals surface area contributed by atoms with E-state index in [2.05, 4.69) is 0 Å². The van der Waals surface area contributed by atoms with Crippen molar-refractivity contribution in [3.05, 3.63) is 39.6 Å². The lowest BCUT2D eigenvalue weighted by atomic mass is 10.2. The highest BCUT2D eigenvalue weighted by Gasteiger charge is 1.98. The van der Waals surface area contributed by atoms with Gasteiger partial charge in [0.2, 0.25) is 0 Å². The van der Waals surface area contributed by atoms with E-state index >= 15 is 0 Å². The van der Waals surface area contributed by atoms with E-state index in [9.17, 15) is 4.39 Å². The Kier molecular flexibility index (Phi) is 3.72. The lowest BCUT2D eigenvalue weighted by molar-refractivity contribution is 0.300. The molecule has 1 rings (SSSR count). The summed E-state index contributed by atoms with van der Waals surface area (Å²) in [5.74, 6) is -0.613. The molecule has 0 aliphatic rings. The summed E-state index contributed by atoms with van der Waals surface area (Å²) >= 11 is 11.3. The Labute approximate surface area is 85.4 Å². The first-order valence-corrected chi connectivity index (χ1v) is 4.31. The van der Waals surface area contributed by atoms with Gasteiger partial charge in [-0.3, -0.25) is 0 Å². The molecule has 0 spiro atoms. The predicted octanol–water partition coefficient (Wildman–Crippen LogP) is 3.30. The molecule has 70 valence electrons. The van der Waals surface area contributed by atoms with Crippen LogP contribution >= 0.6 is 23.2 Å². The molecule has 1 aromatic carbocycles. The fourth-order valence-corrected chi connectivity index (χ4v) is 1.14. The normalized spacial score (nSPS) is 11.8. The maximum absolute atomic E-state index is 12.6. The van der Waals surface area contributed by atoms with E-state index in [-0.39, 0.29) is 0 Å². The van der Waals surface area contributed by atoms with Gasteiger partial charge in [0.1, 0.15) is 5.83 Å². The Hall–Kier alpha value is -0.570. The number of aliphatic hydroxyl groups excluding tert-OH is 1. The highest BCUT2D eigenvalue weighted by atomic mass is 35.5. The van der Waals surface area contributed by atoms with Gasteiger partial charge in [-0.2, -0.15) is 0 Å². The largest absolute Gasteiger partial charge is 0.389 e. The third-order valence-corrected chi connectivity index (χ3v) is 2.16. The third-order valence-electron chi connectivity index (χ3n) is 1.42. The van der Waals surface area contributed by atoms with Crippen LogP contribution < -0.4 is 0 Å². The molecule has 0 amide bonds.